The van der Waals surface area contributed by atoms with Gasteiger partial charge in [-0.3, -0.25) is 9.97 Å². The summed E-state index contributed by atoms with van der Waals surface area (Å²) in [5, 5.41) is 12.9. The maximum Gasteiger partial charge on any atom is 0.131 e. The Morgan fingerprint density at radius 3 is 2.73 bits per heavy atom. The summed E-state index contributed by atoms with van der Waals surface area (Å²) >= 11 is 0. The molecule has 3 aromatic rings. The lowest BCUT2D eigenvalue weighted by molar-refractivity contribution is -0.984. The summed E-state index contributed by atoms with van der Waals surface area (Å²) in [6, 6.07) is 12.4. The molecule has 172 valence electrons. The number of pyridine rings is 2. The van der Waals surface area contributed by atoms with E-state index in [1.54, 1.807) is 7.11 Å². The van der Waals surface area contributed by atoms with Crippen LogP contribution in [0.4, 0.5) is 0 Å². The van der Waals surface area contributed by atoms with E-state index in [9.17, 15) is 5.11 Å². The zero-order valence-corrected chi connectivity index (χ0v) is 19.9. The molecule has 3 saturated heterocycles. The van der Waals surface area contributed by atoms with Crippen molar-refractivity contribution in [2.75, 3.05) is 20.2 Å². The molecule has 5 heteroatoms. The van der Waals surface area contributed by atoms with Crippen molar-refractivity contribution in [1.82, 2.24) is 9.97 Å². The normalized spacial score (nSPS) is 27.5. The molecule has 2 bridgehead atoms. The van der Waals surface area contributed by atoms with Gasteiger partial charge in [-0.15, -0.1) is 6.58 Å². The second-order valence-electron chi connectivity index (χ2n) is 10.0. The number of hydrogen-bond donors (Lipinski definition) is 1. The lowest BCUT2D eigenvalue weighted by Crippen LogP contribution is -2.67. The van der Waals surface area contributed by atoms with Gasteiger partial charge in [0.1, 0.15) is 24.4 Å². The number of aliphatic hydroxyl groups is 1. The van der Waals surface area contributed by atoms with Crippen molar-refractivity contribution < 1.29 is 14.3 Å². The number of piperidine rings is 3. The molecule has 3 aliphatic heterocycles. The fourth-order valence-electron chi connectivity index (χ4n) is 6.50. The van der Waals surface area contributed by atoms with E-state index in [1.165, 1.54) is 12.0 Å². The number of aliphatic hydroxyl groups excluding tert-OH is 1. The van der Waals surface area contributed by atoms with E-state index in [0.717, 1.165) is 64.1 Å². The minimum Gasteiger partial charge on any atom is -0.497 e. The smallest absolute Gasteiger partial charge is 0.131 e. The summed E-state index contributed by atoms with van der Waals surface area (Å²) in [4.78, 5) is 9.11. The van der Waals surface area contributed by atoms with Crippen LogP contribution in [-0.4, -0.2) is 45.8 Å². The van der Waals surface area contributed by atoms with E-state index in [0.29, 0.717) is 11.8 Å². The van der Waals surface area contributed by atoms with Crippen LogP contribution in [0, 0.1) is 25.7 Å². The van der Waals surface area contributed by atoms with Gasteiger partial charge in [-0.25, -0.2) is 0 Å². The molecule has 2 aromatic heterocycles. The number of fused-ring (bicyclic) bond motifs is 4. The predicted octanol–water partition coefficient (Wildman–Crippen LogP) is 4.90. The van der Waals surface area contributed by atoms with Crippen LogP contribution < -0.4 is 4.74 Å². The van der Waals surface area contributed by atoms with Crippen LogP contribution >= 0.6 is 0 Å². The monoisotopic (exact) mass is 444 g/mol. The predicted molar refractivity (Wildman–Crippen MR) is 131 cm³/mol. The van der Waals surface area contributed by atoms with Crippen LogP contribution in [0.3, 0.4) is 0 Å². The lowest BCUT2D eigenvalue weighted by Gasteiger charge is -2.58. The molecule has 3 fully saturated rings. The van der Waals surface area contributed by atoms with Crippen LogP contribution in [-0.2, 0) is 6.54 Å². The van der Waals surface area contributed by atoms with Gasteiger partial charge in [-0.05, 0) is 61.7 Å². The summed E-state index contributed by atoms with van der Waals surface area (Å²) in [6.07, 6.45) is 5.59. The number of methoxy groups -OCH3 is 1. The number of hydrogen-bond acceptors (Lipinski definition) is 4. The Morgan fingerprint density at radius 2 is 2.00 bits per heavy atom. The van der Waals surface area contributed by atoms with Gasteiger partial charge in [0.25, 0.3) is 0 Å². The zero-order chi connectivity index (χ0) is 23.2. The van der Waals surface area contributed by atoms with Gasteiger partial charge in [-0.1, -0.05) is 6.08 Å². The largest absolute Gasteiger partial charge is 0.497 e. The molecule has 33 heavy (non-hydrogen) atoms. The first-order chi connectivity index (χ1) is 15.9. The minimum absolute atomic E-state index is 0.130. The fraction of sp³-hybridized carbons (Fsp3) is 0.429. The summed E-state index contributed by atoms with van der Waals surface area (Å²) in [6.45, 7) is 11.3. The quantitative estimate of drug-likeness (QED) is 0.434. The van der Waals surface area contributed by atoms with Crippen LogP contribution in [0.2, 0.25) is 0 Å². The molecule has 0 radical (unpaired) electrons. The van der Waals surface area contributed by atoms with Gasteiger partial charge in [0.05, 0.1) is 25.7 Å². The molecule has 1 aromatic carbocycles. The van der Waals surface area contributed by atoms with E-state index in [-0.39, 0.29) is 6.04 Å². The lowest BCUT2D eigenvalue weighted by atomic mass is 9.71. The second-order valence-corrected chi connectivity index (χ2v) is 10.0. The van der Waals surface area contributed by atoms with Crippen molar-refractivity contribution in [3.05, 3.63) is 77.8 Å². The van der Waals surface area contributed by atoms with E-state index >= 15 is 0 Å². The summed E-state index contributed by atoms with van der Waals surface area (Å²) in [7, 11) is 1.67. The topological polar surface area (TPSA) is 55.2 Å². The van der Waals surface area contributed by atoms with Gasteiger partial charge < -0.3 is 14.3 Å². The van der Waals surface area contributed by atoms with E-state index < -0.39 is 6.10 Å². The third kappa shape index (κ3) is 3.94. The summed E-state index contributed by atoms with van der Waals surface area (Å²) < 4.78 is 6.37. The second kappa shape index (κ2) is 8.54. The van der Waals surface area contributed by atoms with E-state index in [1.807, 2.05) is 30.5 Å². The average molecular weight is 445 g/mol. The number of aromatic nitrogens is 2. The number of quaternary nitrogens is 1. The minimum atomic E-state index is -0.569. The Morgan fingerprint density at radius 1 is 1.21 bits per heavy atom. The Labute approximate surface area is 196 Å². The van der Waals surface area contributed by atoms with Crippen LogP contribution in [0.15, 0.2) is 55.3 Å². The van der Waals surface area contributed by atoms with Gasteiger partial charge in [0.2, 0.25) is 0 Å². The van der Waals surface area contributed by atoms with E-state index in [2.05, 4.69) is 48.6 Å². The first-order valence-electron chi connectivity index (χ1n) is 12.0. The molecule has 1 N–H and O–H groups in total. The first-order valence-corrected chi connectivity index (χ1v) is 12.0. The van der Waals surface area contributed by atoms with Crippen molar-refractivity contribution in [2.45, 2.75) is 45.4 Å². The highest BCUT2D eigenvalue weighted by molar-refractivity contribution is 5.83. The molecule has 5 nitrogen and oxygen atoms in total. The summed E-state index contributed by atoms with van der Waals surface area (Å²) in [5.41, 5.74) is 5.26. The van der Waals surface area contributed by atoms with Crippen molar-refractivity contribution in [3.63, 3.8) is 0 Å². The first kappa shape index (κ1) is 22.1. The number of nitrogens with zero attached hydrogens (tertiary/aromatic N) is 3. The molecule has 6 rings (SSSR count). The van der Waals surface area contributed by atoms with Crippen LogP contribution in [0.1, 0.15) is 41.5 Å². The van der Waals surface area contributed by atoms with Crippen molar-refractivity contribution in [2.24, 2.45) is 11.8 Å². The molecule has 0 spiro atoms. The van der Waals surface area contributed by atoms with Gasteiger partial charge in [0.15, 0.2) is 0 Å². The molecule has 0 saturated carbocycles. The number of ether oxygens (including phenoxy) is 1. The number of aryl methyl sites for hydroxylation is 2. The zero-order valence-electron chi connectivity index (χ0n) is 19.9. The molecule has 5 heterocycles. The number of benzene rings is 1. The van der Waals surface area contributed by atoms with Gasteiger partial charge >= 0.3 is 0 Å². The van der Waals surface area contributed by atoms with Gasteiger partial charge in [0, 0.05) is 47.3 Å². The van der Waals surface area contributed by atoms with Crippen LogP contribution in [0.5, 0.6) is 5.75 Å². The molecular formula is C28H34N3O2+. The van der Waals surface area contributed by atoms with Gasteiger partial charge in [-0.2, -0.15) is 0 Å². The molecule has 5 atom stereocenters. The maximum absolute atomic E-state index is 11.9. The Balaban J connectivity index is 1.57. The SMILES string of the molecule is C=C[C@H]1C[N+]2(Cc3cc(C)nc(C)c3)CC[C@@H]1C[C@H]2[C@H](O)c1ccnc2ccc(OC)cc12. The highest BCUT2D eigenvalue weighted by atomic mass is 16.5. The third-order valence-electron chi connectivity index (χ3n) is 7.98. The average Bonchev–Trinajstić information content (AvgIpc) is 2.82. The Kier molecular flexibility index (Phi) is 5.71. The van der Waals surface area contributed by atoms with Crippen LogP contribution in [0.25, 0.3) is 10.9 Å². The molecule has 0 amide bonds. The molecule has 3 aliphatic rings. The third-order valence-corrected chi connectivity index (χ3v) is 7.98. The summed E-state index contributed by atoms with van der Waals surface area (Å²) in [5.74, 6) is 1.87. The maximum atomic E-state index is 11.9. The molecule has 1 unspecified atom stereocenters. The molecular weight excluding hydrogens is 410 g/mol. The Bertz CT molecular complexity index is 1170. The molecule has 0 aliphatic carbocycles. The number of rotatable bonds is 6. The fourth-order valence-corrected chi connectivity index (χ4v) is 6.50. The standard InChI is InChI=1S/C28H34N3O2/c1-5-21-17-31(16-20-12-18(2)30-19(3)13-20)11-9-22(21)14-27(31)28(32)24-8-10-29-26-7-6-23(33-4)15-25(24)26/h5-8,10,12-13,15,21-22,27-28,32H,1,9,11,14,16-17H2,2-4H3/q+1/t21-,22+,27-,28+,31?/m0/s1. The van der Waals surface area contributed by atoms with Crippen molar-refractivity contribution >= 4 is 10.9 Å². The van der Waals surface area contributed by atoms with Crippen molar-refractivity contribution in [1.29, 1.82) is 0 Å². The van der Waals surface area contributed by atoms with Crippen molar-refractivity contribution in [3.8, 4) is 5.75 Å². The highest BCUT2D eigenvalue weighted by Crippen LogP contribution is 2.48. The Hall–Kier alpha value is -2.76. The highest BCUT2D eigenvalue weighted by Gasteiger charge is 2.54. The van der Waals surface area contributed by atoms with E-state index in [4.69, 9.17) is 4.74 Å².